The molecular formula is C16H23N3O4. The van der Waals surface area contributed by atoms with Gasteiger partial charge in [-0.2, -0.15) is 0 Å². The molecule has 7 heteroatoms. The predicted octanol–water partition coefficient (Wildman–Crippen LogP) is 2.24. The zero-order valence-corrected chi connectivity index (χ0v) is 13.3. The molecule has 126 valence electrons. The maximum Gasteiger partial charge on any atom is 0.311 e. The van der Waals surface area contributed by atoms with Crippen LogP contribution in [-0.4, -0.2) is 30.5 Å². The predicted molar refractivity (Wildman–Crippen MR) is 86.5 cm³/mol. The molecule has 0 aliphatic heterocycles. The maximum atomic E-state index is 12.4. The van der Waals surface area contributed by atoms with Crippen molar-refractivity contribution in [3.63, 3.8) is 0 Å². The number of hydrogen-bond donors (Lipinski definition) is 2. The van der Waals surface area contributed by atoms with E-state index in [9.17, 15) is 14.9 Å². The highest BCUT2D eigenvalue weighted by Crippen LogP contribution is 2.28. The van der Waals surface area contributed by atoms with Crippen molar-refractivity contribution in [2.24, 2.45) is 11.7 Å². The van der Waals surface area contributed by atoms with Crippen LogP contribution in [0, 0.1) is 16.0 Å². The van der Waals surface area contributed by atoms with Crippen molar-refractivity contribution in [2.45, 2.75) is 38.1 Å². The number of carbonyl (C=O) groups excluding carboxylic acids is 1. The molecule has 1 aromatic carbocycles. The summed E-state index contributed by atoms with van der Waals surface area (Å²) in [6.45, 7) is 0.370. The SMILES string of the molecule is COc1ccc(C(=O)NC(CN)C2CCCCC2)cc1[N+](=O)[O-]. The lowest BCUT2D eigenvalue weighted by atomic mass is 9.84. The zero-order chi connectivity index (χ0) is 16.8. The molecule has 0 aromatic heterocycles. The van der Waals surface area contributed by atoms with Gasteiger partial charge in [0.15, 0.2) is 5.75 Å². The summed E-state index contributed by atoms with van der Waals surface area (Å²) >= 11 is 0. The normalized spacial score (nSPS) is 16.6. The number of hydrogen-bond acceptors (Lipinski definition) is 5. The van der Waals surface area contributed by atoms with Crippen LogP contribution in [0.1, 0.15) is 42.5 Å². The fraction of sp³-hybridized carbons (Fsp3) is 0.562. The van der Waals surface area contributed by atoms with Gasteiger partial charge < -0.3 is 15.8 Å². The van der Waals surface area contributed by atoms with E-state index in [0.29, 0.717) is 12.5 Å². The fourth-order valence-electron chi connectivity index (χ4n) is 3.13. The van der Waals surface area contributed by atoms with Crippen LogP contribution in [0.25, 0.3) is 0 Å². The summed E-state index contributed by atoms with van der Waals surface area (Å²) in [5.41, 5.74) is 5.83. The Morgan fingerprint density at radius 3 is 2.70 bits per heavy atom. The summed E-state index contributed by atoms with van der Waals surface area (Å²) in [7, 11) is 1.36. The first kappa shape index (κ1) is 17.2. The Morgan fingerprint density at radius 2 is 2.13 bits per heavy atom. The summed E-state index contributed by atoms with van der Waals surface area (Å²) in [6.07, 6.45) is 5.66. The van der Waals surface area contributed by atoms with E-state index in [1.807, 2.05) is 0 Å². The van der Waals surface area contributed by atoms with Crippen LogP contribution in [0.5, 0.6) is 5.75 Å². The molecule has 0 spiro atoms. The number of nitro benzene ring substituents is 1. The molecule has 2 rings (SSSR count). The first-order valence-electron chi connectivity index (χ1n) is 7.90. The van der Waals surface area contributed by atoms with Gasteiger partial charge in [0.25, 0.3) is 5.91 Å². The van der Waals surface area contributed by atoms with E-state index in [1.54, 1.807) is 0 Å². The number of nitrogens with one attached hydrogen (secondary N) is 1. The first-order valence-corrected chi connectivity index (χ1v) is 7.90. The quantitative estimate of drug-likeness (QED) is 0.617. The maximum absolute atomic E-state index is 12.4. The lowest BCUT2D eigenvalue weighted by molar-refractivity contribution is -0.385. The molecule has 1 aliphatic rings. The minimum Gasteiger partial charge on any atom is -0.490 e. The molecule has 3 N–H and O–H groups in total. The molecule has 1 aliphatic carbocycles. The van der Waals surface area contributed by atoms with Gasteiger partial charge >= 0.3 is 5.69 Å². The molecule has 1 aromatic rings. The van der Waals surface area contributed by atoms with Gasteiger partial charge in [0.05, 0.1) is 12.0 Å². The van der Waals surface area contributed by atoms with Crippen molar-refractivity contribution in [2.75, 3.05) is 13.7 Å². The fourth-order valence-corrected chi connectivity index (χ4v) is 3.13. The summed E-state index contributed by atoms with van der Waals surface area (Å²) in [5.74, 6) is 0.178. The standard InChI is InChI=1S/C16H23N3O4/c1-23-15-8-7-12(9-14(15)19(21)22)16(20)18-13(10-17)11-5-3-2-4-6-11/h7-9,11,13H,2-6,10,17H2,1H3,(H,18,20). The molecule has 1 fully saturated rings. The van der Waals surface area contributed by atoms with Crippen LogP contribution >= 0.6 is 0 Å². The van der Waals surface area contributed by atoms with E-state index >= 15 is 0 Å². The van der Waals surface area contributed by atoms with Crippen molar-refractivity contribution < 1.29 is 14.5 Å². The summed E-state index contributed by atoms with van der Waals surface area (Å²) in [6, 6.07) is 4.10. The van der Waals surface area contributed by atoms with Crippen LogP contribution < -0.4 is 15.8 Å². The number of carbonyl (C=O) groups is 1. The number of nitro groups is 1. The highest BCUT2D eigenvalue weighted by Gasteiger charge is 2.25. The van der Waals surface area contributed by atoms with Gasteiger partial charge in [-0.25, -0.2) is 0 Å². The number of benzene rings is 1. The van der Waals surface area contributed by atoms with Crippen molar-refractivity contribution in [3.05, 3.63) is 33.9 Å². The number of ether oxygens (including phenoxy) is 1. The Kier molecular flexibility index (Phi) is 5.92. The van der Waals surface area contributed by atoms with Crippen LogP contribution in [0.15, 0.2) is 18.2 Å². The zero-order valence-electron chi connectivity index (χ0n) is 13.3. The van der Waals surface area contributed by atoms with Gasteiger partial charge in [0.2, 0.25) is 0 Å². The second-order valence-electron chi connectivity index (χ2n) is 5.86. The molecule has 7 nitrogen and oxygen atoms in total. The van der Waals surface area contributed by atoms with E-state index in [4.69, 9.17) is 10.5 Å². The van der Waals surface area contributed by atoms with E-state index < -0.39 is 4.92 Å². The van der Waals surface area contributed by atoms with Crippen LogP contribution in [0.4, 0.5) is 5.69 Å². The lowest BCUT2D eigenvalue weighted by Gasteiger charge is -2.30. The van der Waals surface area contributed by atoms with Gasteiger partial charge in [-0.1, -0.05) is 19.3 Å². The Hall–Kier alpha value is -2.15. The molecule has 1 saturated carbocycles. The van der Waals surface area contributed by atoms with Crippen LogP contribution in [0.2, 0.25) is 0 Å². The number of rotatable bonds is 6. The van der Waals surface area contributed by atoms with E-state index in [-0.39, 0.29) is 28.9 Å². The average molecular weight is 321 g/mol. The van der Waals surface area contributed by atoms with E-state index in [2.05, 4.69) is 5.32 Å². The van der Waals surface area contributed by atoms with Gasteiger partial charge in [-0.05, 0) is 30.9 Å². The Balaban J connectivity index is 2.12. The van der Waals surface area contributed by atoms with Crippen LogP contribution in [-0.2, 0) is 0 Å². The van der Waals surface area contributed by atoms with Gasteiger partial charge in [-0.3, -0.25) is 14.9 Å². The van der Waals surface area contributed by atoms with E-state index in [1.165, 1.54) is 31.7 Å². The topological polar surface area (TPSA) is 107 Å². The first-order chi connectivity index (χ1) is 11.1. The second kappa shape index (κ2) is 7.92. The average Bonchev–Trinajstić information content (AvgIpc) is 2.59. The Labute approximate surface area is 135 Å². The number of nitrogens with two attached hydrogens (primary N) is 1. The third-order valence-electron chi connectivity index (χ3n) is 4.43. The molecule has 0 heterocycles. The van der Waals surface area contributed by atoms with Crippen molar-refractivity contribution >= 4 is 11.6 Å². The number of nitrogens with zero attached hydrogens (tertiary/aromatic N) is 1. The second-order valence-corrected chi connectivity index (χ2v) is 5.86. The lowest BCUT2D eigenvalue weighted by Crippen LogP contribution is -2.45. The van der Waals surface area contributed by atoms with Crippen molar-refractivity contribution in [1.29, 1.82) is 0 Å². The summed E-state index contributed by atoms with van der Waals surface area (Å²) < 4.78 is 4.95. The number of amides is 1. The molecule has 1 atom stereocenters. The molecule has 0 radical (unpaired) electrons. The monoisotopic (exact) mass is 321 g/mol. The molecule has 23 heavy (non-hydrogen) atoms. The highest BCUT2D eigenvalue weighted by atomic mass is 16.6. The van der Waals surface area contributed by atoms with Gasteiger partial charge in [0.1, 0.15) is 0 Å². The third-order valence-corrected chi connectivity index (χ3v) is 4.43. The smallest absolute Gasteiger partial charge is 0.311 e. The van der Waals surface area contributed by atoms with Gasteiger partial charge in [0, 0.05) is 24.2 Å². The van der Waals surface area contributed by atoms with Crippen molar-refractivity contribution in [3.8, 4) is 5.75 Å². The minimum atomic E-state index is -0.558. The molecule has 1 unspecified atom stereocenters. The molecular weight excluding hydrogens is 298 g/mol. The van der Waals surface area contributed by atoms with E-state index in [0.717, 1.165) is 25.7 Å². The minimum absolute atomic E-state index is 0.0936. The molecule has 1 amide bonds. The number of methoxy groups -OCH3 is 1. The van der Waals surface area contributed by atoms with Crippen LogP contribution in [0.3, 0.4) is 0 Å². The summed E-state index contributed by atoms with van der Waals surface area (Å²) in [5, 5.41) is 14.0. The third kappa shape index (κ3) is 4.19. The molecule has 0 bridgehead atoms. The van der Waals surface area contributed by atoms with Gasteiger partial charge in [-0.15, -0.1) is 0 Å². The largest absolute Gasteiger partial charge is 0.490 e. The Morgan fingerprint density at radius 1 is 1.43 bits per heavy atom. The summed E-state index contributed by atoms with van der Waals surface area (Å²) in [4.78, 5) is 22.9. The molecule has 0 saturated heterocycles. The Bertz CT molecular complexity index is 570. The highest BCUT2D eigenvalue weighted by molar-refractivity contribution is 5.95. The van der Waals surface area contributed by atoms with Crippen molar-refractivity contribution in [1.82, 2.24) is 5.32 Å².